The molecule has 0 saturated carbocycles. The number of benzene rings is 2. The van der Waals surface area contributed by atoms with Gasteiger partial charge in [-0.1, -0.05) is 30.3 Å². The SMILES string of the molecule is c1ccc2c(c1)SCC2Nc1ccc(-c2cnc[nH]2)cc1. The molecule has 4 heteroatoms. The lowest BCUT2D eigenvalue weighted by atomic mass is 10.1. The molecule has 0 radical (unpaired) electrons. The number of aromatic amines is 1. The molecule has 1 aliphatic heterocycles. The Morgan fingerprint density at radius 3 is 2.76 bits per heavy atom. The predicted molar refractivity (Wildman–Crippen MR) is 87.6 cm³/mol. The zero-order valence-electron chi connectivity index (χ0n) is 11.4. The average molecular weight is 293 g/mol. The molecular formula is C17H15N3S. The van der Waals surface area contributed by atoms with Gasteiger partial charge in [0.25, 0.3) is 0 Å². The Labute approximate surface area is 127 Å². The number of hydrogen-bond acceptors (Lipinski definition) is 3. The molecule has 104 valence electrons. The van der Waals surface area contributed by atoms with E-state index in [1.807, 2.05) is 18.0 Å². The highest BCUT2D eigenvalue weighted by atomic mass is 32.2. The molecule has 1 aromatic heterocycles. The normalized spacial score (nSPS) is 16.7. The minimum absolute atomic E-state index is 0.393. The van der Waals surface area contributed by atoms with E-state index in [1.165, 1.54) is 10.5 Å². The zero-order valence-corrected chi connectivity index (χ0v) is 12.2. The van der Waals surface area contributed by atoms with E-state index >= 15 is 0 Å². The van der Waals surface area contributed by atoms with Crippen molar-refractivity contribution in [2.45, 2.75) is 10.9 Å². The standard InChI is InChI=1S/C17H15N3S/c1-2-4-17-14(3-1)16(10-21-17)20-13-7-5-12(6-8-13)15-9-18-11-19-15/h1-9,11,16,20H,10H2,(H,18,19). The van der Waals surface area contributed by atoms with Gasteiger partial charge in [-0.2, -0.15) is 0 Å². The summed E-state index contributed by atoms with van der Waals surface area (Å²) in [6, 6.07) is 17.5. The number of nitrogens with one attached hydrogen (secondary N) is 2. The Balaban J connectivity index is 1.53. The monoisotopic (exact) mass is 293 g/mol. The molecule has 4 rings (SSSR count). The van der Waals surface area contributed by atoms with Crippen molar-refractivity contribution in [1.82, 2.24) is 9.97 Å². The second-order valence-corrected chi connectivity index (χ2v) is 6.15. The van der Waals surface area contributed by atoms with Crippen molar-refractivity contribution < 1.29 is 0 Å². The second kappa shape index (κ2) is 5.30. The van der Waals surface area contributed by atoms with Crippen LogP contribution in [0.3, 0.4) is 0 Å². The van der Waals surface area contributed by atoms with Crippen LogP contribution in [0.1, 0.15) is 11.6 Å². The highest BCUT2D eigenvalue weighted by Crippen LogP contribution is 2.39. The summed E-state index contributed by atoms with van der Waals surface area (Å²) in [6.45, 7) is 0. The largest absolute Gasteiger partial charge is 0.377 e. The van der Waals surface area contributed by atoms with Crippen LogP contribution in [-0.4, -0.2) is 15.7 Å². The average Bonchev–Trinajstić information content (AvgIpc) is 3.19. The minimum atomic E-state index is 0.393. The first-order chi connectivity index (χ1) is 10.4. The highest BCUT2D eigenvalue weighted by molar-refractivity contribution is 7.99. The summed E-state index contributed by atoms with van der Waals surface area (Å²) in [5.74, 6) is 1.08. The second-order valence-electron chi connectivity index (χ2n) is 5.09. The first kappa shape index (κ1) is 12.5. The molecule has 1 atom stereocenters. The van der Waals surface area contributed by atoms with Crippen molar-refractivity contribution in [3.8, 4) is 11.3 Å². The van der Waals surface area contributed by atoms with E-state index in [0.717, 1.165) is 22.7 Å². The molecule has 3 nitrogen and oxygen atoms in total. The molecule has 0 bridgehead atoms. The van der Waals surface area contributed by atoms with Crippen molar-refractivity contribution in [2.24, 2.45) is 0 Å². The molecule has 2 N–H and O–H groups in total. The summed E-state index contributed by atoms with van der Waals surface area (Å²) in [6.07, 6.45) is 3.54. The summed E-state index contributed by atoms with van der Waals surface area (Å²) in [5, 5.41) is 3.62. The molecule has 0 saturated heterocycles. The molecular weight excluding hydrogens is 278 g/mol. The summed E-state index contributed by atoms with van der Waals surface area (Å²) in [5.41, 5.74) is 4.75. The summed E-state index contributed by atoms with van der Waals surface area (Å²) >= 11 is 1.92. The van der Waals surface area contributed by atoms with Crippen molar-refractivity contribution in [3.05, 3.63) is 66.6 Å². The Morgan fingerprint density at radius 2 is 1.95 bits per heavy atom. The zero-order chi connectivity index (χ0) is 14.1. The molecule has 3 aromatic rings. The number of aromatic nitrogens is 2. The van der Waals surface area contributed by atoms with Crippen LogP contribution >= 0.6 is 11.8 Å². The van der Waals surface area contributed by atoms with Crippen LogP contribution < -0.4 is 5.32 Å². The summed E-state index contributed by atoms with van der Waals surface area (Å²) in [7, 11) is 0. The number of fused-ring (bicyclic) bond motifs is 1. The van der Waals surface area contributed by atoms with Gasteiger partial charge in [-0.15, -0.1) is 11.8 Å². The third-order valence-corrected chi connectivity index (χ3v) is 4.92. The van der Waals surface area contributed by atoms with E-state index in [-0.39, 0.29) is 0 Å². The molecule has 2 heterocycles. The first-order valence-electron chi connectivity index (χ1n) is 6.97. The lowest BCUT2D eigenvalue weighted by Crippen LogP contribution is -2.09. The predicted octanol–water partition coefficient (Wildman–Crippen LogP) is 4.34. The Morgan fingerprint density at radius 1 is 1.10 bits per heavy atom. The fraction of sp³-hybridized carbons (Fsp3) is 0.118. The lowest BCUT2D eigenvalue weighted by molar-refractivity contribution is 0.900. The maximum Gasteiger partial charge on any atom is 0.0924 e. The summed E-state index contributed by atoms with van der Waals surface area (Å²) < 4.78 is 0. The van der Waals surface area contributed by atoms with Crippen LogP contribution in [0, 0.1) is 0 Å². The van der Waals surface area contributed by atoms with E-state index in [1.54, 1.807) is 6.33 Å². The van der Waals surface area contributed by atoms with Gasteiger partial charge in [0.05, 0.1) is 24.3 Å². The van der Waals surface area contributed by atoms with E-state index in [4.69, 9.17) is 0 Å². The van der Waals surface area contributed by atoms with E-state index in [9.17, 15) is 0 Å². The van der Waals surface area contributed by atoms with E-state index < -0.39 is 0 Å². The Hall–Kier alpha value is -2.20. The van der Waals surface area contributed by atoms with Crippen LogP contribution in [-0.2, 0) is 0 Å². The number of rotatable bonds is 3. The van der Waals surface area contributed by atoms with Crippen molar-refractivity contribution in [3.63, 3.8) is 0 Å². The van der Waals surface area contributed by atoms with Gasteiger partial charge in [-0.05, 0) is 29.3 Å². The maximum atomic E-state index is 4.06. The Bertz CT molecular complexity index is 735. The minimum Gasteiger partial charge on any atom is -0.377 e. The van der Waals surface area contributed by atoms with Gasteiger partial charge in [0.1, 0.15) is 0 Å². The molecule has 0 fully saturated rings. The third kappa shape index (κ3) is 2.43. The highest BCUT2D eigenvalue weighted by Gasteiger charge is 2.22. The smallest absolute Gasteiger partial charge is 0.0924 e. The maximum absolute atomic E-state index is 4.06. The van der Waals surface area contributed by atoms with E-state index in [0.29, 0.717) is 6.04 Å². The molecule has 21 heavy (non-hydrogen) atoms. The van der Waals surface area contributed by atoms with Crippen molar-refractivity contribution in [1.29, 1.82) is 0 Å². The van der Waals surface area contributed by atoms with Gasteiger partial charge in [0.2, 0.25) is 0 Å². The van der Waals surface area contributed by atoms with Gasteiger partial charge in [-0.25, -0.2) is 4.98 Å². The van der Waals surface area contributed by atoms with E-state index in [2.05, 4.69) is 63.8 Å². The number of hydrogen-bond donors (Lipinski definition) is 2. The van der Waals surface area contributed by atoms with Gasteiger partial charge >= 0.3 is 0 Å². The molecule has 2 aromatic carbocycles. The third-order valence-electron chi connectivity index (χ3n) is 3.73. The van der Waals surface area contributed by atoms with Gasteiger partial charge < -0.3 is 10.3 Å². The number of nitrogens with zero attached hydrogens (tertiary/aromatic N) is 1. The van der Waals surface area contributed by atoms with Gasteiger partial charge in [-0.3, -0.25) is 0 Å². The van der Waals surface area contributed by atoms with Crippen LogP contribution in [0.5, 0.6) is 0 Å². The van der Waals surface area contributed by atoms with Crippen LogP contribution in [0.15, 0.2) is 66.0 Å². The van der Waals surface area contributed by atoms with Crippen LogP contribution in [0.4, 0.5) is 5.69 Å². The molecule has 0 spiro atoms. The van der Waals surface area contributed by atoms with Crippen LogP contribution in [0.25, 0.3) is 11.3 Å². The number of imidazole rings is 1. The number of H-pyrrole nitrogens is 1. The van der Waals surface area contributed by atoms with Crippen molar-refractivity contribution >= 4 is 17.4 Å². The summed E-state index contributed by atoms with van der Waals surface area (Å²) in [4.78, 5) is 8.57. The Kier molecular flexibility index (Phi) is 3.16. The fourth-order valence-corrected chi connectivity index (χ4v) is 3.80. The topological polar surface area (TPSA) is 40.7 Å². The number of thioether (sulfide) groups is 1. The van der Waals surface area contributed by atoms with Crippen LogP contribution in [0.2, 0.25) is 0 Å². The molecule has 0 aliphatic carbocycles. The lowest BCUT2D eigenvalue weighted by Gasteiger charge is -2.15. The number of anilines is 1. The molecule has 0 amide bonds. The quantitative estimate of drug-likeness (QED) is 0.755. The van der Waals surface area contributed by atoms with Crippen molar-refractivity contribution in [2.75, 3.05) is 11.1 Å². The molecule has 1 unspecified atom stereocenters. The van der Waals surface area contributed by atoms with Gasteiger partial charge in [0.15, 0.2) is 0 Å². The molecule has 1 aliphatic rings. The first-order valence-corrected chi connectivity index (χ1v) is 7.96. The fourth-order valence-electron chi connectivity index (χ4n) is 2.64. The van der Waals surface area contributed by atoms with Gasteiger partial charge in [0, 0.05) is 16.3 Å².